The molecule has 0 aliphatic carbocycles. The van der Waals surface area contributed by atoms with Crippen molar-refractivity contribution in [3.05, 3.63) is 59.4 Å². The topological polar surface area (TPSA) is 35.5 Å². The molecule has 2 rings (SSSR count). The fourth-order valence-corrected chi connectivity index (χ4v) is 1.83. The molecule has 20 heavy (non-hydrogen) atoms. The zero-order valence-electron chi connectivity index (χ0n) is 11.4. The third-order valence-electron chi connectivity index (χ3n) is 2.90. The molecule has 0 aromatic heterocycles. The predicted molar refractivity (Wildman–Crippen MR) is 73.7 cm³/mol. The number of Topliss-reactive ketones (excluding diaryl/α,β-unsaturated/α-hetero) is 1. The van der Waals surface area contributed by atoms with E-state index in [0.29, 0.717) is 22.6 Å². The van der Waals surface area contributed by atoms with Gasteiger partial charge in [0.1, 0.15) is 23.9 Å². The van der Waals surface area contributed by atoms with Gasteiger partial charge in [-0.05, 0) is 25.1 Å². The first-order valence-electron chi connectivity index (χ1n) is 6.17. The van der Waals surface area contributed by atoms with Crippen LogP contribution in [0, 0.1) is 5.82 Å². The van der Waals surface area contributed by atoms with E-state index in [1.165, 1.54) is 20.1 Å². The zero-order valence-corrected chi connectivity index (χ0v) is 11.4. The summed E-state index contributed by atoms with van der Waals surface area (Å²) in [5.41, 5.74) is 0.966. The summed E-state index contributed by atoms with van der Waals surface area (Å²) < 4.78 is 24.1. The number of hydrogen-bond donors (Lipinski definition) is 0. The second kappa shape index (κ2) is 6.19. The van der Waals surface area contributed by atoms with Crippen molar-refractivity contribution in [1.29, 1.82) is 0 Å². The first-order chi connectivity index (χ1) is 9.61. The van der Waals surface area contributed by atoms with E-state index in [1.54, 1.807) is 36.4 Å². The van der Waals surface area contributed by atoms with Crippen molar-refractivity contribution in [2.24, 2.45) is 0 Å². The molecule has 0 bridgehead atoms. The minimum Gasteiger partial charge on any atom is -0.496 e. The lowest BCUT2D eigenvalue weighted by molar-refractivity contribution is 0.101. The van der Waals surface area contributed by atoms with Gasteiger partial charge in [-0.3, -0.25) is 4.79 Å². The van der Waals surface area contributed by atoms with Gasteiger partial charge in [0.25, 0.3) is 0 Å². The summed E-state index contributed by atoms with van der Waals surface area (Å²) in [5, 5.41) is 0. The van der Waals surface area contributed by atoms with Crippen LogP contribution in [0.4, 0.5) is 4.39 Å². The Morgan fingerprint density at radius 3 is 2.60 bits per heavy atom. The first-order valence-corrected chi connectivity index (χ1v) is 6.17. The first kappa shape index (κ1) is 14.1. The lowest BCUT2D eigenvalue weighted by Crippen LogP contribution is -2.01. The molecular formula is C16H15FO3. The fourth-order valence-electron chi connectivity index (χ4n) is 1.83. The molecule has 0 saturated heterocycles. The van der Waals surface area contributed by atoms with Crippen LogP contribution in [0.15, 0.2) is 42.5 Å². The molecular weight excluding hydrogens is 259 g/mol. The molecule has 0 aliphatic heterocycles. The molecule has 0 spiro atoms. The Morgan fingerprint density at radius 1 is 1.20 bits per heavy atom. The summed E-state index contributed by atoms with van der Waals surface area (Å²) >= 11 is 0. The van der Waals surface area contributed by atoms with Gasteiger partial charge in [-0.1, -0.05) is 18.2 Å². The maximum atomic E-state index is 13.5. The van der Waals surface area contributed by atoms with E-state index in [2.05, 4.69) is 0 Å². The molecule has 3 nitrogen and oxygen atoms in total. The lowest BCUT2D eigenvalue weighted by atomic mass is 10.1. The Labute approximate surface area is 117 Å². The van der Waals surface area contributed by atoms with Crippen molar-refractivity contribution < 1.29 is 18.7 Å². The van der Waals surface area contributed by atoms with E-state index in [-0.39, 0.29) is 18.2 Å². The molecule has 0 amide bonds. The summed E-state index contributed by atoms with van der Waals surface area (Å²) in [6, 6.07) is 11.4. The van der Waals surface area contributed by atoms with Gasteiger partial charge in [0.2, 0.25) is 0 Å². The highest BCUT2D eigenvalue weighted by Gasteiger charge is 2.09. The molecule has 0 N–H and O–H groups in total. The molecule has 0 fully saturated rings. The van der Waals surface area contributed by atoms with Crippen molar-refractivity contribution in [3.8, 4) is 11.5 Å². The number of carbonyl (C=O) groups excluding carboxylic acids is 1. The van der Waals surface area contributed by atoms with Crippen LogP contribution in [0.1, 0.15) is 22.8 Å². The third-order valence-corrected chi connectivity index (χ3v) is 2.90. The van der Waals surface area contributed by atoms with E-state index in [1.807, 2.05) is 0 Å². The van der Waals surface area contributed by atoms with E-state index < -0.39 is 0 Å². The van der Waals surface area contributed by atoms with Crippen LogP contribution in [0.3, 0.4) is 0 Å². The largest absolute Gasteiger partial charge is 0.496 e. The Kier molecular flexibility index (Phi) is 4.35. The average molecular weight is 274 g/mol. The SMILES string of the molecule is COc1cc(OCc2ccccc2F)ccc1C(C)=O. The molecule has 0 saturated carbocycles. The molecule has 0 radical (unpaired) electrons. The normalized spacial score (nSPS) is 10.2. The molecule has 2 aromatic rings. The summed E-state index contributed by atoms with van der Waals surface area (Å²) in [6.45, 7) is 1.59. The van der Waals surface area contributed by atoms with Crippen molar-refractivity contribution in [2.45, 2.75) is 13.5 Å². The Hall–Kier alpha value is -2.36. The van der Waals surface area contributed by atoms with Gasteiger partial charge >= 0.3 is 0 Å². The van der Waals surface area contributed by atoms with E-state index in [9.17, 15) is 9.18 Å². The Bertz CT molecular complexity index is 623. The highest BCUT2D eigenvalue weighted by molar-refractivity contribution is 5.97. The number of ketones is 1. The number of methoxy groups -OCH3 is 1. The standard InChI is InChI=1S/C16H15FO3/c1-11(18)14-8-7-13(9-16(14)19-2)20-10-12-5-3-4-6-15(12)17/h3-9H,10H2,1-2H3. The predicted octanol–water partition coefficient (Wildman–Crippen LogP) is 3.62. The van der Waals surface area contributed by atoms with Crippen molar-refractivity contribution in [2.75, 3.05) is 7.11 Å². The van der Waals surface area contributed by atoms with Crippen LogP contribution in [-0.4, -0.2) is 12.9 Å². The van der Waals surface area contributed by atoms with Crippen LogP contribution in [-0.2, 0) is 6.61 Å². The van der Waals surface area contributed by atoms with E-state index in [4.69, 9.17) is 9.47 Å². The number of hydrogen-bond acceptors (Lipinski definition) is 3. The zero-order chi connectivity index (χ0) is 14.5. The molecule has 0 atom stereocenters. The Morgan fingerprint density at radius 2 is 1.95 bits per heavy atom. The van der Waals surface area contributed by atoms with Crippen molar-refractivity contribution in [1.82, 2.24) is 0 Å². The number of rotatable bonds is 5. The van der Waals surface area contributed by atoms with Gasteiger partial charge in [0, 0.05) is 11.6 Å². The molecule has 2 aromatic carbocycles. The van der Waals surface area contributed by atoms with Crippen molar-refractivity contribution >= 4 is 5.78 Å². The van der Waals surface area contributed by atoms with Gasteiger partial charge < -0.3 is 9.47 Å². The van der Waals surface area contributed by atoms with Gasteiger partial charge in [-0.15, -0.1) is 0 Å². The minimum absolute atomic E-state index is 0.0810. The average Bonchev–Trinajstić information content (AvgIpc) is 2.46. The summed E-state index contributed by atoms with van der Waals surface area (Å²) in [6.07, 6.45) is 0. The number of benzene rings is 2. The van der Waals surface area contributed by atoms with Crippen LogP contribution in [0.2, 0.25) is 0 Å². The minimum atomic E-state index is -0.306. The maximum absolute atomic E-state index is 13.5. The summed E-state index contributed by atoms with van der Waals surface area (Å²) in [7, 11) is 1.49. The second-order valence-electron chi connectivity index (χ2n) is 4.30. The van der Waals surface area contributed by atoms with Gasteiger partial charge in [0.05, 0.1) is 12.7 Å². The molecule has 104 valence electrons. The quantitative estimate of drug-likeness (QED) is 0.781. The smallest absolute Gasteiger partial charge is 0.163 e. The van der Waals surface area contributed by atoms with Crippen LogP contribution >= 0.6 is 0 Å². The van der Waals surface area contributed by atoms with Crippen molar-refractivity contribution in [3.63, 3.8) is 0 Å². The highest BCUT2D eigenvalue weighted by Crippen LogP contribution is 2.25. The van der Waals surface area contributed by atoms with E-state index >= 15 is 0 Å². The molecule has 4 heteroatoms. The van der Waals surface area contributed by atoms with Crippen LogP contribution in [0.25, 0.3) is 0 Å². The monoisotopic (exact) mass is 274 g/mol. The second-order valence-corrected chi connectivity index (χ2v) is 4.30. The molecule has 0 heterocycles. The van der Waals surface area contributed by atoms with Gasteiger partial charge in [-0.25, -0.2) is 4.39 Å². The molecule has 0 unspecified atom stereocenters. The highest BCUT2D eigenvalue weighted by atomic mass is 19.1. The number of ether oxygens (including phenoxy) is 2. The third kappa shape index (κ3) is 3.15. The summed E-state index contributed by atoms with van der Waals surface area (Å²) in [5.74, 6) is 0.584. The summed E-state index contributed by atoms with van der Waals surface area (Å²) in [4.78, 5) is 11.4. The molecule has 0 aliphatic rings. The number of carbonyl (C=O) groups is 1. The number of halogens is 1. The van der Waals surface area contributed by atoms with Gasteiger partial charge in [0.15, 0.2) is 5.78 Å². The maximum Gasteiger partial charge on any atom is 0.163 e. The fraction of sp³-hybridized carbons (Fsp3) is 0.188. The van der Waals surface area contributed by atoms with E-state index in [0.717, 1.165) is 0 Å². The Balaban J connectivity index is 2.15. The van der Waals surface area contributed by atoms with Crippen LogP contribution < -0.4 is 9.47 Å². The van der Waals surface area contributed by atoms with Gasteiger partial charge in [-0.2, -0.15) is 0 Å². The lowest BCUT2D eigenvalue weighted by Gasteiger charge is -2.10. The van der Waals surface area contributed by atoms with Crippen LogP contribution in [0.5, 0.6) is 11.5 Å².